The Morgan fingerprint density at radius 1 is 1.67 bits per heavy atom. The van der Waals surface area contributed by atoms with Gasteiger partial charge in [0.1, 0.15) is 5.60 Å². The molecule has 9 heavy (non-hydrogen) atoms. The number of ether oxygens (including phenoxy) is 1. The minimum atomic E-state index is -0.819. The maximum absolute atomic E-state index is 10.1. The first-order valence-electron chi connectivity index (χ1n) is 2.42. The molecule has 0 radical (unpaired) electrons. The van der Waals surface area contributed by atoms with Crippen LogP contribution in [-0.4, -0.2) is 16.9 Å². The molecule has 0 aliphatic carbocycles. The first kappa shape index (κ1) is 9.05. The van der Waals surface area contributed by atoms with Crippen LogP contribution in [0.5, 0.6) is 0 Å². The largest absolute Gasteiger partial charge is 0.446 e. The fraction of sp³-hybridized carbons (Fsp3) is 0.800. The number of carbonyl (C=O) groups is 1. The fourth-order valence-electron chi connectivity index (χ4n) is 0.245. The summed E-state index contributed by atoms with van der Waals surface area (Å²) in [5, 5.41) is 0. The average Bonchev–Trinajstić information content (AvgIpc) is 1.63. The predicted molar refractivity (Wildman–Crippen MR) is 37.1 cm³/mol. The molecule has 0 fully saturated rings. The van der Waals surface area contributed by atoms with Gasteiger partial charge in [0.15, 0.2) is 0 Å². The molecule has 54 valence electrons. The van der Waals surface area contributed by atoms with Gasteiger partial charge < -0.3 is 4.74 Å². The van der Waals surface area contributed by atoms with Gasteiger partial charge in [0.25, 0.3) is 0 Å². The van der Waals surface area contributed by atoms with Crippen LogP contribution in [-0.2, 0) is 4.74 Å². The Morgan fingerprint density at radius 3 is 2.22 bits per heavy atom. The van der Waals surface area contributed by atoms with Crippen molar-refractivity contribution in [1.82, 2.24) is 0 Å². The molecule has 4 heteroatoms. The minimum absolute atomic E-state index is 0.242. The molecule has 0 saturated carbocycles. The summed E-state index contributed by atoms with van der Waals surface area (Å²) in [7, 11) is 0. The summed E-state index contributed by atoms with van der Waals surface area (Å²) < 4.78 is 4.58. The van der Waals surface area contributed by atoms with Crippen molar-refractivity contribution in [3.05, 3.63) is 0 Å². The molecule has 0 N–H and O–H groups in total. The molecule has 0 aliphatic heterocycles. The highest BCUT2D eigenvalue weighted by Crippen LogP contribution is 2.12. The maximum Gasteiger partial charge on any atom is 0.404 e. The summed E-state index contributed by atoms with van der Waals surface area (Å²) in [4.78, 5) is 10.1. The van der Waals surface area contributed by atoms with Crippen molar-refractivity contribution in [1.29, 1.82) is 0 Å². The molecule has 0 bridgehead atoms. The van der Waals surface area contributed by atoms with Crippen LogP contribution in [0.3, 0.4) is 0 Å². The zero-order chi connectivity index (χ0) is 7.49. The van der Waals surface area contributed by atoms with E-state index in [4.69, 9.17) is 23.2 Å². The molecular formula is C5H8Cl2O2. The Balaban J connectivity index is 3.71. The van der Waals surface area contributed by atoms with Crippen molar-refractivity contribution in [2.24, 2.45) is 0 Å². The smallest absolute Gasteiger partial charge is 0.404 e. The van der Waals surface area contributed by atoms with Gasteiger partial charge in [0.2, 0.25) is 0 Å². The van der Waals surface area contributed by atoms with E-state index in [0.29, 0.717) is 0 Å². The summed E-state index contributed by atoms with van der Waals surface area (Å²) in [5.41, 5.74) is -1.47. The summed E-state index contributed by atoms with van der Waals surface area (Å²) in [6.07, 6.45) is 0. The number of halogens is 2. The van der Waals surface area contributed by atoms with Crippen molar-refractivity contribution >= 4 is 28.6 Å². The minimum Gasteiger partial charge on any atom is -0.446 e. The summed E-state index contributed by atoms with van der Waals surface area (Å²) >= 11 is 10.3. The van der Waals surface area contributed by atoms with E-state index >= 15 is 0 Å². The number of hydrogen-bond donors (Lipinski definition) is 0. The molecule has 0 spiro atoms. The van der Waals surface area contributed by atoms with Gasteiger partial charge in [0.05, 0.1) is 5.88 Å². The molecule has 0 atom stereocenters. The zero-order valence-electron chi connectivity index (χ0n) is 5.28. The Hall–Kier alpha value is 0.0500. The van der Waals surface area contributed by atoms with Crippen molar-refractivity contribution in [3.8, 4) is 0 Å². The highest BCUT2D eigenvalue weighted by molar-refractivity contribution is 6.61. The second kappa shape index (κ2) is 3.28. The predicted octanol–water partition coefficient (Wildman–Crippen LogP) is 2.38. The molecule has 0 aliphatic rings. The lowest BCUT2D eigenvalue weighted by atomic mass is 10.2. The molecule has 0 aromatic carbocycles. The molecule has 2 nitrogen and oxygen atoms in total. The summed E-state index contributed by atoms with van der Waals surface area (Å²) in [6.45, 7) is 3.36. The van der Waals surface area contributed by atoms with Crippen molar-refractivity contribution in [3.63, 3.8) is 0 Å². The summed E-state index contributed by atoms with van der Waals surface area (Å²) in [5.74, 6) is 0.242. The highest BCUT2D eigenvalue weighted by atomic mass is 35.5. The van der Waals surface area contributed by atoms with Gasteiger partial charge in [-0.15, -0.1) is 11.6 Å². The molecular weight excluding hydrogens is 163 g/mol. The molecule has 0 rings (SSSR count). The van der Waals surface area contributed by atoms with Crippen LogP contribution in [0.1, 0.15) is 13.8 Å². The quantitative estimate of drug-likeness (QED) is 0.470. The van der Waals surface area contributed by atoms with E-state index in [1.807, 2.05) is 0 Å². The Morgan fingerprint density at radius 2 is 2.11 bits per heavy atom. The van der Waals surface area contributed by atoms with Crippen LogP contribution in [0.15, 0.2) is 0 Å². The monoisotopic (exact) mass is 170 g/mol. The first-order valence-corrected chi connectivity index (χ1v) is 3.33. The van der Waals surface area contributed by atoms with E-state index in [1.54, 1.807) is 13.8 Å². The lowest BCUT2D eigenvalue weighted by Crippen LogP contribution is -2.27. The van der Waals surface area contributed by atoms with E-state index in [-0.39, 0.29) is 5.88 Å². The van der Waals surface area contributed by atoms with Crippen LogP contribution >= 0.6 is 23.2 Å². The Kier molecular flexibility index (Phi) is 3.30. The maximum atomic E-state index is 10.1. The van der Waals surface area contributed by atoms with Crippen molar-refractivity contribution < 1.29 is 9.53 Å². The van der Waals surface area contributed by atoms with Crippen LogP contribution in [0.25, 0.3) is 0 Å². The first-order chi connectivity index (χ1) is 3.98. The molecule has 0 aromatic heterocycles. The molecule has 0 amide bonds. The number of rotatable bonds is 2. The van der Waals surface area contributed by atoms with Gasteiger partial charge in [0, 0.05) is 11.6 Å². The molecule has 0 unspecified atom stereocenters. The van der Waals surface area contributed by atoms with Gasteiger partial charge in [-0.3, -0.25) is 0 Å². The topological polar surface area (TPSA) is 26.3 Å². The van der Waals surface area contributed by atoms with E-state index in [1.165, 1.54) is 0 Å². The lowest BCUT2D eigenvalue weighted by molar-refractivity contribution is 0.0751. The van der Waals surface area contributed by atoms with Gasteiger partial charge in [-0.25, -0.2) is 4.79 Å². The second-order valence-corrected chi connectivity index (χ2v) is 2.81. The van der Waals surface area contributed by atoms with Crippen LogP contribution in [0, 0.1) is 0 Å². The normalized spacial score (nSPS) is 11.1. The average molecular weight is 171 g/mol. The fourth-order valence-corrected chi connectivity index (χ4v) is 0.508. The van der Waals surface area contributed by atoms with Gasteiger partial charge in [-0.2, -0.15) is 0 Å². The summed E-state index contributed by atoms with van der Waals surface area (Å²) in [6, 6.07) is 0. The van der Waals surface area contributed by atoms with Crippen LogP contribution in [0.2, 0.25) is 0 Å². The van der Waals surface area contributed by atoms with Crippen LogP contribution in [0.4, 0.5) is 4.79 Å². The number of hydrogen-bond acceptors (Lipinski definition) is 2. The molecule has 0 aromatic rings. The zero-order valence-corrected chi connectivity index (χ0v) is 6.79. The van der Waals surface area contributed by atoms with E-state index < -0.39 is 11.0 Å². The van der Waals surface area contributed by atoms with Crippen molar-refractivity contribution in [2.75, 3.05) is 5.88 Å². The second-order valence-electron chi connectivity index (χ2n) is 2.23. The Labute approximate surface area is 64.1 Å². The van der Waals surface area contributed by atoms with Gasteiger partial charge >= 0.3 is 5.43 Å². The third-order valence-electron chi connectivity index (χ3n) is 0.678. The standard InChI is InChI=1S/C5H8Cl2O2/c1-5(2,3-6)9-4(7)8/h3H2,1-2H3. The van der Waals surface area contributed by atoms with E-state index in [0.717, 1.165) is 0 Å². The molecule has 0 saturated heterocycles. The van der Waals surface area contributed by atoms with Gasteiger partial charge in [-0.1, -0.05) is 0 Å². The SMILES string of the molecule is CC(C)(CCl)OC(=O)Cl. The Bertz CT molecular complexity index is 112. The molecule has 0 heterocycles. The van der Waals surface area contributed by atoms with E-state index in [9.17, 15) is 4.79 Å². The van der Waals surface area contributed by atoms with Gasteiger partial charge in [-0.05, 0) is 13.8 Å². The highest BCUT2D eigenvalue weighted by Gasteiger charge is 2.19. The van der Waals surface area contributed by atoms with Crippen LogP contribution < -0.4 is 0 Å². The number of carbonyl (C=O) groups excluding carboxylic acids is 1. The van der Waals surface area contributed by atoms with E-state index in [2.05, 4.69) is 4.74 Å². The number of alkyl halides is 1. The third-order valence-corrected chi connectivity index (χ3v) is 1.40. The third kappa shape index (κ3) is 4.55. The van der Waals surface area contributed by atoms with Crippen molar-refractivity contribution in [2.45, 2.75) is 19.4 Å². The lowest BCUT2D eigenvalue weighted by Gasteiger charge is -2.19.